The molecule has 0 unspecified atom stereocenters. The molecular weight excluding hydrogens is 228 g/mol. The van der Waals surface area contributed by atoms with E-state index < -0.39 is 5.97 Å². The Hall–Kier alpha value is -1.90. The van der Waals surface area contributed by atoms with Gasteiger partial charge < -0.3 is 4.74 Å². The van der Waals surface area contributed by atoms with E-state index in [9.17, 15) is 9.59 Å². The highest BCUT2D eigenvalue weighted by molar-refractivity contribution is 6.11. The molecule has 1 aromatic carbocycles. The maximum atomic E-state index is 12.2. The minimum atomic E-state index is -0.405. The number of carbonyl (C=O) groups excluding carboxylic acids is 2. The normalized spacial score (nSPS) is 16.6. The van der Waals surface area contributed by atoms with E-state index in [2.05, 4.69) is 4.74 Å². The van der Waals surface area contributed by atoms with Crippen LogP contribution < -0.4 is 0 Å². The number of rotatable bonds is 2. The largest absolute Gasteiger partial charge is 0.465 e. The first-order chi connectivity index (χ1) is 8.67. The van der Waals surface area contributed by atoms with Crippen LogP contribution in [-0.2, 0) is 11.2 Å². The third-order valence-electron chi connectivity index (χ3n) is 3.18. The SMILES string of the molecule is CCC=C1CCc2ccc(C(=O)OC)cc2C1=O. The lowest BCUT2D eigenvalue weighted by Gasteiger charge is -2.18. The Bertz CT molecular complexity index is 527. The number of ether oxygens (including phenoxy) is 1. The quantitative estimate of drug-likeness (QED) is 0.593. The van der Waals surface area contributed by atoms with Crippen molar-refractivity contribution >= 4 is 11.8 Å². The summed E-state index contributed by atoms with van der Waals surface area (Å²) in [6.45, 7) is 2.01. The Morgan fingerprint density at radius 3 is 2.83 bits per heavy atom. The van der Waals surface area contributed by atoms with Gasteiger partial charge in [0.25, 0.3) is 0 Å². The van der Waals surface area contributed by atoms with Crippen molar-refractivity contribution in [2.75, 3.05) is 7.11 Å². The van der Waals surface area contributed by atoms with E-state index >= 15 is 0 Å². The predicted molar refractivity (Wildman–Crippen MR) is 68.8 cm³/mol. The zero-order valence-corrected chi connectivity index (χ0v) is 10.7. The molecule has 0 fully saturated rings. The number of ketones is 1. The molecule has 0 heterocycles. The number of fused-ring (bicyclic) bond motifs is 1. The second kappa shape index (κ2) is 5.17. The maximum Gasteiger partial charge on any atom is 0.337 e. The minimum absolute atomic E-state index is 0.0452. The number of benzene rings is 1. The zero-order chi connectivity index (χ0) is 13.1. The zero-order valence-electron chi connectivity index (χ0n) is 10.7. The number of hydrogen-bond acceptors (Lipinski definition) is 3. The molecule has 0 saturated carbocycles. The highest BCUT2D eigenvalue weighted by Gasteiger charge is 2.22. The van der Waals surface area contributed by atoms with Crippen LogP contribution >= 0.6 is 0 Å². The van der Waals surface area contributed by atoms with Crippen LogP contribution in [0.15, 0.2) is 29.8 Å². The van der Waals surface area contributed by atoms with Crippen LogP contribution in [0.1, 0.15) is 46.0 Å². The summed E-state index contributed by atoms with van der Waals surface area (Å²) in [7, 11) is 1.34. The van der Waals surface area contributed by atoms with Crippen molar-refractivity contribution in [3.8, 4) is 0 Å². The van der Waals surface area contributed by atoms with E-state index in [-0.39, 0.29) is 5.78 Å². The summed E-state index contributed by atoms with van der Waals surface area (Å²) in [5, 5.41) is 0. The summed E-state index contributed by atoms with van der Waals surface area (Å²) in [5.41, 5.74) is 2.94. The third-order valence-corrected chi connectivity index (χ3v) is 3.18. The van der Waals surface area contributed by atoms with Crippen LogP contribution in [0.3, 0.4) is 0 Å². The Labute approximate surface area is 106 Å². The van der Waals surface area contributed by atoms with Gasteiger partial charge in [0.1, 0.15) is 0 Å². The van der Waals surface area contributed by atoms with E-state index in [0.29, 0.717) is 11.1 Å². The van der Waals surface area contributed by atoms with E-state index in [4.69, 9.17) is 0 Å². The van der Waals surface area contributed by atoms with Gasteiger partial charge in [-0.1, -0.05) is 19.1 Å². The monoisotopic (exact) mass is 244 g/mol. The van der Waals surface area contributed by atoms with Gasteiger partial charge in [0.05, 0.1) is 12.7 Å². The Kier molecular flexibility index (Phi) is 3.60. The Balaban J connectivity index is 2.43. The summed E-state index contributed by atoms with van der Waals surface area (Å²) in [6, 6.07) is 5.21. The van der Waals surface area contributed by atoms with Gasteiger partial charge in [-0.2, -0.15) is 0 Å². The lowest BCUT2D eigenvalue weighted by molar-refractivity contribution is 0.0600. The van der Waals surface area contributed by atoms with E-state index in [1.54, 1.807) is 12.1 Å². The predicted octanol–water partition coefficient (Wildman–Crippen LogP) is 2.94. The van der Waals surface area contributed by atoms with Crippen LogP contribution in [0, 0.1) is 0 Å². The van der Waals surface area contributed by atoms with Crippen molar-refractivity contribution in [3.05, 3.63) is 46.5 Å². The summed E-state index contributed by atoms with van der Waals surface area (Å²) < 4.78 is 4.67. The summed E-state index contributed by atoms with van der Waals surface area (Å²) >= 11 is 0. The molecule has 1 aromatic rings. The first-order valence-electron chi connectivity index (χ1n) is 6.12. The van der Waals surface area contributed by atoms with E-state index in [1.807, 2.05) is 19.1 Å². The lowest BCUT2D eigenvalue weighted by atomic mass is 9.85. The van der Waals surface area contributed by atoms with Crippen molar-refractivity contribution in [2.24, 2.45) is 0 Å². The second-order valence-electron chi connectivity index (χ2n) is 4.33. The third kappa shape index (κ3) is 2.21. The smallest absolute Gasteiger partial charge is 0.337 e. The fraction of sp³-hybridized carbons (Fsp3) is 0.333. The molecular formula is C15H16O3. The molecule has 0 saturated heterocycles. The topological polar surface area (TPSA) is 43.4 Å². The molecule has 0 aliphatic heterocycles. The molecule has 0 spiro atoms. The first kappa shape index (κ1) is 12.6. The molecule has 18 heavy (non-hydrogen) atoms. The number of allylic oxidation sites excluding steroid dienone is 2. The molecule has 2 rings (SSSR count). The van der Waals surface area contributed by atoms with Gasteiger partial charge in [0.15, 0.2) is 5.78 Å². The lowest BCUT2D eigenvalue weighted by Crippen LogP contribution is -2.15. The van der Waals surface area contributed by atoms with Crippen molar-refractivity contribution in [1.82, 2.24) is 0 Å². The van der Waals surface area contributed by atoms with Crippen molar-refractivity contribution in [1.29, 1.82) is 0 Å². The van der Waals surface area contributed by atoms with Crippen LogP contribution in [0.4, 0.5) is 0 Å². The second-order valence-corrected chi connectivity index (χ2v) is 4.33. The summed E-state index contributed by atoms with van der Waals surface area (Å²) in [4.78, 5) is 23.7. The summed E-state index contributed by atoms with van der Waals surface area (Å²) in [5.74, 6) is -0.360. The number of methoxy groups -OCH3 is 1. The molecule has 3 nitrogen and oxygen atoms in total. The minimum Gasteiger partial charge on any atom is -0.465 e. The molecule has 0 amide bonds. The van der Waals surface area contributed by atoms with Gasteiger partial charge >= 0.3 is 5.97 Å². The van der Waals surface area contributed by atoms with Crippen LogP contribution in [0.25, 0.3) is 0 Å². The highest BCUT2D eigenvalue weighted by atomic mass is 16.5. The number of esters is 1. The van der Waals surface area contributed by atoms with Gasteiger partial charge in [0.2, 0.25) is 0 Å². The fourth-order valence-corrected chi connectivity index (χ4v) is 2.25. The van der Waals surface area contributed by atoms with Crippen molar-refractivity contribution < 1.29 is 14.3 Å². The van der Waals surface area contributed by atoms with Gasteiger partial charge in [-0.15, -0.1) is 0 Å². The molecule has 0 radical (unpaired) electrons. The molecule has 0 bridgehead atoms. The molecule has 1 aliphatic rings. The Morgan fingerprint density at radius 1 is 1.39 bits per heavy atom. The van der Waals surface area contributed by atoms with Crippen LogP contribution in [-0.4, -0.2) is 18.9 Å². The standard InChI is InChI=1S/C15H16O3/c1-3-4-11-7-5-10-6-8-12(15(17)18-2)9-13(10)14(11)16/h4,6,8-9H,3,5,7H2,1-2H3. The molecule has 1 aliphatic carbocycles. The number of hydrogen-bond donors (Lipinski definition) is 0. The van der Waals surface area contributed by atoms with Gasteiger partial charge in [-0.3, -0.25) is 4.79 Å². The van der Waals surface area contributed by atoms with Crippen molar-refractivity contribution in [3.63, 3.8) is 0 Å². The highest BCUT2D eigenvalue weighted by Crippen LogP contribution is 2.26. The summed E-state index contributed by atoms with van der Waals surface area (Å²) in [6.07, 6.45) is 4.47. The number of Topliss-reactive ketones (excluding diaryl/α,β-unsaturated/α-hetero) is 1. The number of aryl methyl sites for hydroxylation is 1. The average molecular weight is 244 g/mol. The number of carbonyl (C=O) groups is 2. The van der Waals surface area contributed by atoms with Crippen LogP contribution in [0.2, 0.25) is 0 Å². The molecule has 0 atom stereocenters. The molecule has 3 heteroatoms. The van der Waals surface area contributed by atoms with Gasteiger partial charge in [-0.05, 0) is 42.5 Å². The van der Waals surface area contributed by atoms with Gasteiger partial charge in [-0.25, -0.2) is 4.79 Å². The average Bonchev–Trinajstić information content (AvgIpc) is 2.41. The van der Waals surface area contributed by atoms with E-state index in [0.717, 1.165) is 30.4 Å². The van der Waals surface area contributed by atoms with Crippen LogP contribution in [0.5, 0.6) is 0 Å². The van der Waals surface area contributed by atoms with E-state index in [1.165, 1.54) is 7.11 Å². The van der Waals surface area contributed by atoms with Crippen molar-refractivity contribution in [2.45, 2.75) is 26.2 Å². The first-order valence-corrected chi connectivity index (χ1v) is 6.12. The molecule has 0 aromatic heterocycles. The van der Waals surface area contributed by atoms with Gasteiger partial charge in [0, 0.05) is 5.56 Å². The molecule has 0 N–H and O–H groups in total. The Morgan fingerprint density at radius 2 is 2.17 bits per heavy atom. The fourth-order valence-electron chi connectivity index (χ4n) is 2.25. The maximum absolute atomic E-state index is 12.2. The molecule has 94 valence electrons.